The third kappa shape index (κ3) is 8.98. The second-order valence-electron chi connectivity index (χ2n) is 7.69. The van der Waals surface area contributed by atoms with Crippen LogP contribution in [0, 0.1) is 0 Å². The van der Waals surface area contributed by atoms with Gasteiger partial charge in [0.15, 0.2) is 8.32 Å². The van der Waals surface area contributed by atoms with E-state index in [0.29, 0.717) is 13.2 Å². The van der Waals surface area contributed by atoms with Crippen LogP contribution in [0.25, 0.3) is 0 Å². The van der Waals surface area contributed by atoms with E-state index in [-0.39, 0.29) is 9.79 Å². The molecule has 0 N–H and O–H groups in total. The number of rotatable bonds is 8. The molecule has 0 amide bonds. The molecule has 0 unspecified atom stereocenters. The van der Waals surface area contributed by atoms with Gasteiger partial charge in [-0.3, -0.25) is 0 Å². The lowest BCUT2D eigenvalue weighted by Gasteiger charge is -2.36. The summed E-state index contributed by atoms with van der Waals surface area (Å²) in [6.07, 6.45) is 2.47. The van der Waals surface area contributed by atoms with E-state index in [9.17, 15) is 4.55 Å². The summed E-state index contributed by atoms with van der Waals surface area (Å²) in [5.74, 6) is 0. The first kappa shape index (κ1) is 21.1. The Kier molecular flexibility index (Phi) is 8.72. The van der Waals surface area contributed by atoms with Crippen molar-refractivity contribution >= 4 is 25.9 Å². The molecule has 0 saturated heterocycles. The molecule has 0 aromatic heterocycles. The van der Waals surface area contributed by atoms with Crippen LogP contribution < -0.4 is 0 Å². The van der Waals surface area contributed by atoms with Gasteiger partial charge in [0.1, 0.15) is 16.1 Å². The van der Waals surface area contributed by atoms with Crippen LogP contribution in [0.5, 0.6) is 0 Å². The van der Waals surface area contributed by atoms with Gasteiger partial charge in [-0.1, -0.05) is 25.2 Å². The van der Waals surface area contributed by atoms with Crippen LogP contribution in [0.4, 0.5) is 0 Å². The van der Waals surface area contributed by atoms with Gasteiger partial charge in [0.05, 0.1) is 12.8 Å². The Morgan fingerprint density at radius 3 is 2.14 bits per heavy atom. The molecule has 0 saturated carbocycles. The highest BCUT2D eigenvalue weighted by atomic mass is 32.2. The number of hydrogen-bond donors (Lipinski definition) is 0. The van der Waals surface area contributed by atoms with Gasteiger partial charge in [0.25, 0.3) is 0 Å². The van der Waals surface area contributed by atoms with E-state index in [0.717, 1.165) is 13.0 Å². The number of hydrogen-bond acceptors (Lipinski definition) is 4. The monoisotopic (exact) mass is 335 g/mol. The van der Waals surface area contributed by atoms with Gasteiger partial charge < -0.3 is 13.7 Å². The van der Waals surface area contributed by atoms with E-state index in [4.69, 9.17) is 9.16 Å². The first-order chi connectivity index (χ1) is 9.38. The van der Waals surface area contributed by atoms with Crippen molar-refractivity contribution < 1.29 is 13.7 Å². The fourth-order valence-corrected chi connectivity index (χ4v) is 2.70. The first-order valence-corrected chi connectivity index (χ1v) is 11.6. The highest BCUT2D eigenvalue weighted by molar-refractivity contribution is 7.91. The summed E-state index contributed by atoms with van der Waals surface area (Å²) in [5.41, 5.74) is 0. The molecule has 0 bridgehead atoms. The third-order valence-corrected chi connectivity index (χ3v) is 9.52. The quantitative estimate of drug-likeness (QED) is 0.292. The molecule has 0 radical (unpaired) electrons. The molecule has 21 heavy (non-hydrogen) atoms. The number of ether oxygens (including phenoxy) is 1. The highest BCUT2D eigenvalue weighted by Gasteiger charge is 2.36. The van der Waals surface area contributed by atoms with Crippen LogP contribution >= 0.6 is 0 Å². The van der Waals surface area contributed by atoms with Crippen LogP contribution in [0.1, 0.15) is 48.0 Å². The van der Waals surface area contributed by atoms with Gasteiger partial charge in [0.2, 0.25) is 0 Å². The highest BCUT2D eigenvalue weighted by Crippen LogP contribution is 2.36. The Balaban J connectivity index is 3.74. The number of nitrogens with zero attached hydrogens (tertiary/aromatic N) is 1. The van der Waals surface area contributed by atoms with Gasteiger partial charge in [-0.25, -0.2) is 0 Å². The van der Waals surface area contributed by atoms with Crippen LogP contribution in [0.2, 0.25) is 18.1 Å². The molecule has 6 heteroatoms. The topological polar surface area (TPSA) is 53.9 Å². The molecule has 4 nitrogen and oxygen atoms in total. The fourth-order valence-electron chi connectivity index (χ4n) is 1.10. The van der Waals surface area contributed by atoms with Crippen LogP contribution in [0.15, 0.2) is 4.40 Å². The Labute approximate surface area is 135 Å². The first-order valence-electron chi connectivity index (χ1n) is 7.54. The third-order valence-electron chi connectivity index (χ3n) is 3.59. The zero-order chi connectivity index (χ0) is 16.7. The Morgan fingerprint density at radius 1 is 1.10 bits per heavy atom. The van der Waals surface area contributed by atoms with Crippen molar-refractivity contribution in [3.63, 3.8) is 0 Å². The summed E-state index contributed by atoms with van der Waals surface area (Å²) in [7, 11) is -1.64. The Hall–Kier alpha value is 0.117. The average molecular weight is 336 g/mol. The van der Waals surface area contributed by atoms with E-state index in [2.05, 4.69) is 38.3 Å². The molecule has 1 atom stereocenters. The van der Waals surface area contributed by atoms with Gasteiger partial charge in [-0.15, -0.1) is 0 Å². The van der Waals surface area contributed by atoms with E-state index in [1.54, 1.807) is 6.21 Å². The fraction of sp³-hybridized carbons (Fsp3) is 0.933. The lowest BCUT2D eigenvalue weighted by molar-refractivity contribution is 0.149. The standard InChI is InChI=1S/C15H33NO3SSi/c1-14(2,3)20(17)16-10-13-18-11-9-12-19-21(7,8)15(4,5)6/h10H,9,11-13H2,1-8H3/b16-10+/t20-/m0/s1. The Morgan fingerprint density at radius 2 is 1.67 bits per heavy atom. The average Bonchev–Trinajstić information content (AvgIpc) is 2.29. The molecule has 0 spiro atoms. The lowest BCUT2D eigenvalue weighted by atomic mass is 10.2. The van der Waals surface area contributed by atoms with Gasteiger partial charge in [-0.05, 0) is 45.3 Å². The molecule has 0 aliphatic rings. The normalized spacial score (nSPS) is 15.7. The second kappa shape index (κ2) is 8.67. The molecule has 0 rings (SSSR count). The predicted molar refractivity (Wildman–Crippen MR) is 95.0 cm³/mol. The van der Waals surface area contributed by atoms with Crippen LogP contribution in [-0.2, 0) is 20.5 Å². The van der Waals surface area contributed by atoms with E-state index >= 15 is 0 Å². The summed E-state index contributed by atoms with van der Waals surface area (Å²) in [5, 5.41) is 0.248. The van der Waals surface area contributed by atoms with Crippen molar-refractivity contribution in [3.8, 4) is 0 Å². The van der Waals surface area contributed by atoms with E-state index in [1.165, 1.54) is 0 Å². The molecule has 126 valence electrons. The molecule has 0 aliphatic heterocycles. The summed E-state index contributed by atoms with van der Waals surface area (Å²) < 4.78 is 26.8. The van der Waals surface area contributed by atoms with Crippen molar-refractivity contribution in [2.45, 2.75) is 70.8 Å². The smallest absolute Gasteiger partial charge is 0.191 e. The molecule has 0 heterocycles. The predicted octanol–water partition coefficient (Wildman–Crippen LogP) is 3.95. The minimum absolute atomic E-state index is 0.248. The SMILES string of the molecule is CC(C)(C)[S@+]([O-])/N=C/COCCCO[Si](C)(C)C(C)(C)C. The van der Waals surface area contributed by atoms with Crippen LogP contribution in [0.3, 0.4) is 0 Å². The maximum Gasteiger partial charge on any atom is 0.191 e. The van der Waals surface area contributed by atoms with Crippen molar-refractivity contribution in [3.05, 3.63) is 0 Å². The minimum Gasteiger partial charge on any atom is -0.591 e. The maximum absolute atomic E-state index is 11.6. The van der Waals surface area contributed by atoms with Gasteiger partial charge >= 0.3 is 0 Å². The van der Waals surface area contributed by atoms with E-state index < -0.39 is 19.7 Å². The molecular formula is C15H33NO3SSi. The maximum atomic E-state index is 11.6. The van der Waals surface area contributed by atoms with Crippen molar-refractivity contribution in [1.82, 2.24) is 0 Å². The van der Waals surface area contributed by atoms with Gasteiger partial charge in [-0.2, -0.15) is 0 Å². The molecule has 0 fully saturated rings. The second-order valence-corrected chi connectivity index (χ2v) is 14.4. The zero-order valence-electron chi connectivity index (χ0n) is 15.0. The molecule has 0 aromatic rings. The van der Waals surface area contributed by atoms with Crippen molar-refractivity contribution in [1.29, 1.82) is 0 Å². The van der Waals surface area contributed by atoms with Crippen molar-refractivity contribution in [2.24, 2.45) is 4.40 Å². The molecule has 0 aliphatic carbocycles. The molecular weight excluding hydrogens is 302 g/mol. The summed E-state index contributed by atoms with van der Waals surface area (Å²) >= 11 is -1.20. The molecule has 0 aromatic carbocycles. The van der Waals surface area contributed by atoms with Crippen LogP contribution in [-0.4, -0.2) is 43.7 Å². The largest absolute Gasteiger partial charge is 0.591 e. The zero-order valence-corrected chi connectivity index (χ0v) is 16.8. The lowest BCUT2D eigenvalue weighted by Crippen LogP contribution is -2.41. The van der Waals surface area contributed by atoms with Gasteiger partial charge in [0, 0.05) is 13.2 Å². The van der Waals surface area contributed by atoms with Crippen molar-refractivity contribution in [2.75, 3.05) is 19.8 Å². The summed E-state index contributed by atoms with van der Waals surface area (Å²) in [6.45, 7) is 18.7. The Bertz CT molecular complexity index is 322. The minimum atomic E-state index is -1.64. The summed E-state index contributed by atoms with van der Waals surface area (Å²) in [6, 6.07) is 0. The van der Waals surface area contributed by atoms with E-state index in [1.807, 2.05) is 20.8 Å². The summed E-state index contributed by atoms with van der Waals surface area (Å²) in [4.78, 5) is 0.